The summed E-state index contributed by atoms with van der Waals surface area (Å²) >= 11 is 5.80. The molecular weight excluding hydrogens is 286 g/mol. The molecule has 1 fully saturated rings. The normalized spacial score (nSPS) is 16.8. The van der Waals surface area contributed by atoms with E-state index in [-0.39, 0.29) is 22.0 Å². The Morgan fingerprint density at radius 1 is 1.60 bits per heavy atom. The lowest BCUT2D eigenvalue weighted by atomic mass is 10.0. The van der Waals surface area contributed by atoms with E-state index < -0.39 is 4.92 Å². The molecule has 0 spiro atoms. The van der Waals surface area contributed by atoms with E-state index in [0.717, 1.165) is 12.8 Å². The number of benzene rings is 1. The Balaban J connectivity index is 1.98. The summed E-state index contributed by atoms with van der Waals surface area (Å²) in [6.07, 6.45) is 2.33. The number of oxime groups is 1. The maximum absolute atomic E-state index is 10.6. The fraction of sp³-hybridized carbons (Fsp3) is 0.417. The van der Waals surface area contributed by atoms with E-state index in [1.807, 2.05) is 0 Å². The van der Waals surface area contributed by atoms with Gasteiger partial charge in [-0.1, -0.05) is 16.8 Å². The standard InChI is InChI=1S/C12H14ClN3O4/c13-9-5-8(1-2-10(9)16(18)19)20-7-12(3-4-12)6-11(14)15-17/h1-2,5,17H,3-4,6-7H2,(H2,14,15). The van der Waals surface area contributed by atoms with Crippen LogP contribution in [0.25, 0.3) is 0 Å². The van der Waals surface area contributed by atoms with Crippen LogP contribution in [0.3, 0.4) is 0 Å². The van der Waals surface area contributed by atoms with Crippen molar-refractivity contribution in [3.63, 3.8) is 0 Å². The average Bonchev–Trinajstić information content (AvgIpc) is 3.16. The number of hydrogen-bond donors (Lipinski definition) is 2. The lowest BCUT2D eigenvalue weighted by Gasteiger charge is -2.15. The van der Waals surface area contributed by atoms with Crippen molar-refractivity contribution in [2.24, 2.45) is 16.3 Å². The van der Waals surface area contributed by atoms with Crippen LogP contribution in [0.15, 0.2) is 23.4 Å². The highest BCUT2D eigenvalue weighted by atomic mass is 35.5. The second kappa shape index (κ2) is 5.54. The number of ether oxygens (including phenoxy) is 1. The summed E-state index contributed by atoms with van der Waals surface area (Å²) in [4.78, 5) is 10.1. The zero-order valence-corrected chi connectivity index (χ0v) is 11.3. The van der Waals surface area contributed by atoms with Crippen molar-refractivity contribution < 1.29 is 14.9 Å². The smallest absolute Gasteiger partial charge is 0.288 e. The minimum Gasteiger partial charge on any atom is -0.493 e. The zero-order chi connectivity index (χ0) is 14.8. The van der Waals surface area contributed by atoms with Crippen LogP contribution in [-0.4, -0.2) is 22.6 Å². The highest BCUT2D eigenvalue weighted by molar-refractivity contribution is 6.32. The van der Waals surface area contributed by atoms with Crippen LogP contribution in [0.1, 0.15) is 19.3 Å². The van der Waals surface area contributed by atoms with Gasteiger partial charge in [0.15, 0.2) is 0 Å². The molecule has 1 saturated carbocycles. The van der Waals surface area contributed by atoms with Gasteiger partial charge in [-0.25, -0.2) is 0 Å². The van der Waals surface area contributed by atoms with E-state index in [1.165, 1.54) is 18.2 Å². The lowest BCUT2D eigenvalue weighted by Crippen LogP contribution is -2.22. The quantitative estimate of drug-likeness (QED) is 0.276. The number of hydrogen-bond acceptors (Lipinski definition) is 5. The molecule has 0 aromatic heterocycles. The Labute approximate surface area is 120 Å². The minimum atomic E-state index is -0.549. The molecule has 20 heavy (non-hydrogen) atoms. The summed E-state index contributed by atoms with van der Waals surface area (Å²) in [7, 11) is 0. The first-order valence-corrected chi connectivity index (χ1v) is 6.37. The molecule has 1 aromatic carbocycles. The molecule has 0 radical (unpaired) electrons. The van der Waals surface area contributed by atoms with Crippen molar-refractivity contribution in [1.29, 1.82) is 0 Å². The molecule has 0 bridgehead atoms. The Hall–Kier alpha value is -2.02. The predicted octanol–water partition coefficient (Wildman–Crippen LogP) is 2.54. The molecule has 0 unspecified atom stereocenters. The molecule has 0 atom stereocenters. The molecule has 0 heterocycles. The van der Waals surface area contributed by atoms with Crippen LogP contribution in [-0.2, 0) is 0 Å². The van der Waals surface area contributed by atoms with Gasteiger partial charge in [0, 0.05) is 24.0 Å². The maximum Gasteiger partial charge on any atom is 0.288 e. The van der Waals surface area contributed by atoms with Crippen LogP contribution in [0.4, 0.5) is 5.69 Å². The first-order chi connectivity index (χ1) is 9.46. The summed E-state index contributed by atoms with van der Waals surface area (Å²) < 4.78 is 5.60. The number of halogens is 1. The molecule has 1 aromatic rings. The molecule has 1 aliphatic rings. The molecule has 1 aliphatic carbocycles. The Morgan fingerprint density at radius 3 is 2.80 bits per heavy atom. The number of nitrogens with two attached hydrogens (primary N) is 1. The third-order valence-corrected chi connectivity index (χ3v) is 3.61. The third kappa shape index (κ3) is 3.30. The van der Waals surface area contributed by atoms with Crippen molar-refractivity contribution in [3.05, 3.63) is 33.3 Å². The van der Waals surface area contributed by atoms with E-state index in [2.05, 4.69) is 5.16 Å². The minimum absolute atomic E-state index is 0.0359. The topological polar surface area (TPSA) is 111 Å². The molecule has 8 heteroatoms. The van der Waals surface area contributed by atoms with Gasteiger partial charge in [0.1, 0.15) is 16.6 Å². The first kappa shape index (κ1) is 14.4. The lowest BCUT2D eigenvalue weighted by molar-refractivity contribution is -0.384. The van der Waals surface area contributed by atoms with Gasteiger partial charge in [-0.3, -0.25) is 10.1 Å². The largest absolute Gasteiger partial charge is 0.493 e. The highest BCUT2D eigenvalue weighted by Gasteiger charge is 2.44. The fourth-order valence-electron chi connectivity index (χ4n) is 1.93. The van der Waals surface area contributed by atoms with Gasteiger partial charge < -0.3 is 15.7 Å². The van der Waals surface area contributed by atoms with Crippen LogP contribution in [0.2, 0.25) is 5.02 Å². The van der Waals surface area contributed by atoms with Gasteiger partial charge in [-0.2, -0.15) is 0 Å². The number of nitro groups is 1. The van der Waals surface area contributed by atoms with Crippen molar-refractivity contribution >= 4 is 23.1 Å². The number of nitro benzene ring substituents is 1. The molecule has 7 nitrogen and oxygen atoms in total. The molecule has 108 valence electrons. The van der Waals surface area contributed by atoms with Gasteiger partial charge >= 0.3 is 0 Å². The van der Waals surface area contributed by atoms with Gasteiger partial charge in [0.25, 0.3) is 5.69 Å². The van der Waals surface area contributed by atoms with Gasteiger partial charge in [-0.05, 0) is 18.9 Å². The van der Waals surface area contributed by atoms with Crippen molar-refractivity contribution in [3.8, 4) is 5.75 Å². The number of amidine groups is 1. The molecule has 0 amide bonds. The van der Waals surface area contributed by atoms with Crippen LogP contribution in [0.5, 0.6) is 5.75 Å². The SMILES string of the molecule is NC(CC1(COc2ccc([N+](=O)[O-])c(Cl)c2)CC1)=NO. The fourth-order valence-corrected chi connectivity index (χ4v) is 2.17. The van der Waals surface area contributed by atoms with Gasteiger partial charge in [0.2, 0.25) is 0 Å². The number of nitrogens with zero attached hydrogens (tertiary/aromatic N) is 2. The van der Waals surface area contributed by atoms with Crippen LogP contribution >= 0.6 is 11.6 Å². The third-order valence-electron chi connectivity index (χ3n) is 3.30. The first-order valence-electron chi connectivity index (χ1n) is 5.99. The summed E-state index contributed by atoms with van der Waals surface area (Å²) in [6.45, 7) is 0.400. The molecule has 0 aliphatic heterocycles. The van der Waals surface area contributed by atoms with Crippen molar-refractivity contribution in [2.45, 2.75) is 19.3 Å². The maximum atomic E-state index is 10.6. The summed E-state index contributed by atoms with van der Waals surface area (Å²) in [6, 6.07) is 4.23. The van der Waals surface area contributed by atoms with E-state index in [4.69, 9.17) is 27.3 Å². The Bertz CT molecular complexity index is 558. The summed E-state index contributed by atoms with van der Waals surface area (Å²) in [5.41, 5.74) is 5.23. The van der Waals surface area contributed by atoms with E-state index in [0.29, 0.717) is 18.8 Å². The average molecular weight is 300 g/mol. The van der Waals surface area contributed by atoms with Crippen molar-refractivity contribution in [2.75, 3.05) is 6.61 Å². The zero-order valence-electron chi connectivity index (χ0n) is 10.6. The molecular formula is C12H14ClN3O4. The van der Waals surface area contributed by atoms with E-state index >= 15 is 0 Å². The second-order valence-corrected chi connectivity index (χ2v) is 5.33. The molecule has 3 N–H and O–H groups in total. The van der Waals surface area contributed by atoms with Gasteiger partial charge in [0.05, 0.1) is 11.5 Å². The van der Waals surface area contributed by atoms with Crippen LogP contribution in [0, 0.1) is 15.5 Å². The molecule has 0 saturated heterocycles. The summed E-state index contributed by atoms with van der Waals surface area (Å²) in [5.74, 6) is 0.638. The second-order valence-electron chi connectivity index (χ2n) is 4.93. The van der Waals surface area contributed by atoms with Crippen LogP contribution < -0.4 is 10.5 Å². The molecule has 2 rings (SSSR count). The monoisotopic (exact) mass is 299 g/mol. The van der Waals surface area contributed by atoms with E-state index in [9.17, 15) is 10.1 Å². The highest BCUT2D eigenvalue weighted by Crippen LogP contribution is 2.49. The Kier molecular flexibility index (Phi) is 3.99. The Morgan fingerprint density at radius 2 is 2.30 bits per heavy atom. The van der Waals surface area contributed by atoms with Gasteiger partial charge in [-0.15, -0.1) is 0 Å². The van der Waals surface area contributed by atoms with Crippen molar-refractivity contribution in [1.82, 2.24) is 0 Å². The predicted molar refractivity (Wildman–Crippen MR) is 73.3 cm³/mol. The number of rotatable bonds is 6. The van der Waals surface area contributed by atoms with E-state index in [1.54, 1.807) is 0 Å². The summed E-state index contributed by atoms with van der Waals surface area (Å²) in [5, 5.41) is 22.2.